The highest BCUT2D eigenvalue weighted by molar-refractivity contribution is 5.61. The lowest BCUT2D eigenvalue weighted by molar-refractivity contribution is 0.177. The van der Waals surface area contributed by atoms with Crippen LogP contribution in [0.1, 0.15) is 12.5 Å². The Bertz CT molecular complexity index is 411. The van der Waals surface area contributed by atoms with Crippen LogP contribution in [0.15, 0.2) is 24.3 Å². The summed E-state index contributed by atoms with van der Waals surface area (Å²) < 4.78 is 16.3. The third-order valence-electron chi connectivity index (χ3n) is 2.49. The molecule has 0 bridgehead atoms. The van der Waals surface area contributed by atoms with Gasteiger partial charge in [-0.15, -0.1) is 0 Å². The molecule has 0 radical (unpaired) electrons. The van der Waals surface area contributed by atoms with Crippen LogP contribution in [0.5, 0.6) is 11.5 Å². The molecule has 2 unspecified atom stereocenters. The Morgan fingerprint density at radius 1 is 1.40 bits per heavy atom. The fraction of sp³-hybridized carbons (Fsp3) is 0.333. The van der Waals surface area contributed by atoms with Gasteiger partial charge >= 0.3 is 0 Å². The van der Waals surface area contributed by atoms with Crippen molar-refractivity contribution in [1.82, 2.24) is 0 Å². The van der Waals surface area contributed by atoms with E-state index < -0.39 is 0 Å². The Kier molecular flexibility index (Phi) is 1.92. The molecule has 0 aliphatic carbocycles. The molecule has 2 atom stereocenters. The van der Waals surface area contributed by atoms with Crippen LogP contribution >= 0.6 is 0 Å². The fourth-order valence-electron chi connectivity index (χ4n) is 1.67. The molecule has 0 amide bonds. The van der Waals surface area contributed by atoms with Gasteiger partial charge in [0.25, 0.3) is 0 Å². The molecule has 1 aromatic rings. The second-order valence-corrected chi connectivity index (χ2v) is 3.58. The molecule has 0 saturated carbocycles. The molecular formula is C12H12O3. The largest absolute Gasteiger partial charge is 0.494 e. The van der Waals surface area contributed by atoms with Crippen LogP contribution < -0.4 is 9.47 Å². The van der Waals surface area contributed by atoms with Gasteiger partial charge in [-0.2, -0.15) is 0 Å². The highest BCUT2D eigenvalue weighted by atomic mass is 16.8. The normalized spacial score (nSPS) is 25.9. The first-order valence-corrected chi connectivity index (χ1v) is 5.14. The van der Waals surface area contributed by atoms with E-state index >= 15 is 0 Å². The Hall–Kier alpha value is -1.48. The maximum atomic E-state index is 5.65. The van der Waals surface area contributed by atoms with Gasteiger partial charge in [0.2, 0.25) is 6.29 Å². The van der Waals surface area contributed by atoms with Crippen molar-refractivity contribution < 1.29 is 14.2 Å². The summed E-state index contributed by atoms with van der Waals surface area (Å²) in [4.78, 5) is 0. The SMILES string of the molecule is CCOc1ccc2c(c1)OC1OC1C=C2. The summed E-state index contributed by atoms with van der Waals surface area (Å²) in [6.45, 7) is 2.63. The summed E-state index contributed by atoms with van der Waals surface area (Å²) in [5.41, 5.74) is 1.08. The van der Waals surface area contributed by atoms with Crippen molar-refractivity contribution >= 4 is 6.08 Å². The standard InChI is InChI=1S/C12H12O3/c1-2-13-9-5-3-8-4-6-10-12(14-10)15-11(8)7-9/h3-7,10,12H,2H2,1H3. The molecule has 1 fully saturated rings. The minimum absolute atomic E-state index is 0.0978. The van der Waals surface area contributed by atoms with Gasteiger partial charge in [-0.3, -0.25) is 0 Å². The van der Waals surface area contributed by atoms with E-state index in [1.807, 2.05) is 37.3 Å². The van der Waals surface area contributed by atoms with Crippen molar-refractivity contribution in [2.45, 2.75) is 19.3 Å². The first kappa shape index (κ1) is 8.80. The quantitative estimate of drug-likeness (QED) is 0.692. The van der Waals surface area contributed by atoms with Crippen LogP contribution in [0.3, 0.4) is 0 Å². The first-order valence-electron chi connectivity index (χ1n) is 5.14. The molecule has 2 aliphatic rings. The highest BCUT2D eigenvalue weighted by Crippen LogP contribution is 2.36. The van der Waals surface area contributed by atoms with Crippen LogP contribution in [-0.2, 0) is 4.74 Å². The lowest BCUT2D eigenvalue weighted by Gasteiger charge is -2.08. The van der Waals surface area contributed by atoms with E-state index in [-0.39, 0.29) is 12.4 Å². The molecule has 0 N–H and O–H groups in total. The van der Waals surface area contributed by atoms with Crippen LogP contribution in [-0.4, -0.2) is 19.0 Å². The van der Waals surface area contributed by atoms with E-state index in [9.17, 15) is 0 Å². The zero-order valence-electron chi connectivity index (χ0n) is 8.47. The molecule has 2 heterocycles. The smallest absolute Gasteiger partial charge is 0.231 e. The van der Waals surface area contributed by atoms with Crippen LogP contribution in [0.25, 0.3) is 6.08 Å². The summed E-state index contributed by atoms with van der Waals surface area (Å²) in [6, 6.07) is 5.86. The van der Waals surface area contributed by atoms with Crippen molar-refractivity contribution in [2.24, 2.45) is 0 Å². The zero-order valence-corrected chi connectivity index (χ0v) is 8.47. The fourth-order valence-corrected chi connectivity index (χ4v) is 1.67. The van der Waals surface area contributed by atoms with Crippen molar-refractivity contribution in [3.63, 3.8) is 0 Å². The third-order valence-corrected chi connectivity index (χ3v) is 2.49. The average molecular weight is 204 g/mol. The van der Waals surface area contributed by atoms with Crippen molar-refractivity contribution in [2.75, 3.05) is 6.61 Å². The zero-order chi connectivity index (χ0) is 10.3. The lowest BCUT2D eigenvalue weighted by atomic mass is 10.2. The van der Waals surface area contributed by atoms with E-state index in [1.54, 1.807) is 0 Å². The number of benzene rings is 1. The molecule has 0 spiro atoms. The van der Waals surface area contributed by atoms with Crippen molar-refractivity contribution in [3.05, 3.63) is 29.8 Å². The van der Waals surface area contributed by atoms with Gasteiger partial charge in [0.1, 0.15) is 17.6 Å². The Labute approximate surface area is 88.3 Å². The van der Waals surface area contributed by atoms with Crippen LogP contribution in [0.4, 0.5) is 0 Å². The van der Waals surface area contributed by atoms with E-state index in [0.29, 0.717) is 6.61 Å². The number of hydrogen-bond donors (Lipinski definition) is 0. The molecule has 3 heteroatoms. The maximum absolute atomic E-state index is 5.65. The van der Waals surface area contributed by atoms with E-state index in [4.69, 9.17) is 14.2 Å². The third kappa shape index (κ3) is 1.59. The van der Waals surface area contributed by atoms with Gasteiger partial charge in [0, 0.05) is 11.6 Å². The number of fused-ring (bicyclic) bond motifs is 2. The minimum Gasteiger partial charge on any atom is -0.494 e. The molecule has 1 saturated heterocycles. The van der Waals surface area contributed by atoms with Gasteiger partial charge in [-0.1, -0.05) is 6.08 Å². The lowest BCUT2D eigenvalue weighted by Crippen LogP contribution is -2.01. The average Bonchev–Trinajstić information content (AvgIpc) is 2.95. The first-order chi connectivity index (χ1) is 7.36. The summed E-state index contributed by atoms with van der Waals surface area (Å²) in [5, 5.41) is 0. The van der Waals surface area contributed by atoms with Gasteiger partial charge in [0.15, 0.2) is 0 Å². The monoisotopic (exact) mass is 204 g/mol. The Morgan fingerprint density at radius 2 is 2.33 bits per heavy atom. The maximum Gasteiger partial charge on any atom is 0.231 e. The van der Waals surface area contributed by atoms with E-state index in [2.05, 4.69) is 0 Å². The van der Waals surface area contributed by atoms with Crippen LogP contribution in [0.2, 0.25) is 0 Å². The number of ether oxygens (including phenoxy) is 3. The molecule has 0 aromatic heterocycles. The molecule has 3 nitrogen and oxygen atoms in total. The van der Waals surface area contributed by atoms with E-state index in [0.717, 1.165) is 17.1 Å². The second-order valence-electron chi connectivity index (χ2n) is 3.58. The number of epoxide rings is 1. The molecule has 1 aromatic carbocycles. The van der Waals surface area contributed by atoms with Crippen LogP contribution in [0, 0.1) is 0 Å². The Morgan fingerprint density at radius 3 is 3.20 bits per heavy atom. The van der Waals surface area contributed by atoms with Crippen molar-refractivity contribution in [3.8, 4) is 11.5 Å². The van der Waals surface area contributed by atoms with Gasteiger partial charge in [-0.05, 0) is 25.1 Å². The molecule has 2 aliphatic heterocycles. The topological polar surface area (TPSA) is 31.0 Å². The highest BCUT2D eigenvalue weighted by Gasteiger charge is 2.40. The number of rotatable bonds is 2. The molecule has 78 valence electrons. The van der Waals surface area contributed by atoms with Crippen molar-refractivity contribution in [1.29, 1.82) is 0 Å². The molecular weight excluding hydrogens is 192 g/mol. The molecule has 15 heavy (non-hydrogen) atoms. The summed E-state index contributed by atoms with van der Waals surface area (Å²) in [6.07, 6.45) is 4.09. The predicted octanol–water partition coefficient (Wildman–Crippen LogP) is 2.22. The summed E-state index contributed by atoms with van der Waals surface area (Å²) >= 11 is 0. The second kappa shape index (κ2) is 3.28. The predicted molar refractivity (Wildman–Crippen MR) is 55.9 cm³/mol. The number of hydrogen-bond acceptors (Lipinski definition) is 3. The van der Waals surface area contributed by atoms with E-state index in [1.165, 1.54) is 0 Å². The van der Waals surface area contributed by atoms with Gasteiger partial charge in [-0.25, -0.2) is 0 Å². The summed E-state index contributed by atoms with van der Waals surface area (Å²) in [5.74, 6) is 1.67. The molecule has 3 rings (SSSR count). The Balaban J connectivity index is 1.94. The van der Waals surface area contributed by atoms with Gasteiger partial charge in [0.05, 0.1) is 6.61 Å². The van der Waals surface area contributed by atoms with Gasteiger partial charge < -0.3 is 14.2 Å². The summed E-state index contributed by atoms with van der Waals surface area (Å²) in [7, 11) is 0. The minimum atomic E-state index is -0.0978.